The van der Waals surface area contributed by atoms with Crippen LogP contribution in [0.3, 0.4) is 0 Å². The highest BCUT2D eigenvalue weighted by Gasteiger charge is 2.32. The van der Waals surface area contributed by atoms with E-state index in [0.717, 1.165) is 27.8 Å². The second-order valence-electron chi connectivity index (χ2n) is 8.34. The molecule has 0 heterocycles. The number of nitrogens with one attached hydrogen (secondary N) is 1. The first-order chi connectivity index (χ1) is 15.4. The van der Waals surface area contributed by atoms with Gasteiger partial charge in [0.15, 0.2) is 0 Å². The molecular formula is C24H32FN3O4S. The van der Waals surface area contributed by atoms with E-state index in [4.69, 9.17) is 0 Å². The quantitative estimate of drug-likeness (QED) is 0.569. The number of hydrogen-bond donors (Lipinski definition) is 1. The smallest absolute Gasteiger partial charge is 0.244 e. The van der Waals surface area contributed by atoms with E-state index in [1.54, 1.807) is 6.92 Å². The fourth-order valence-corrected chi connectivity index (χ4v) is 4.28. The van der Waals surface area contributed by atoms with Crippen LogP contribution >= 0.6 is 0 Å². The molecule has 1 unspecified atom stereocenters. The summed E-state index contributed by atoms with van der Waals surface area (Å²) in [6, 6.07) is 11.7. The van der Waals surface area contributed by atoms with Crippen LogP contribution in [0.4, 0.5) is 10.1 Å². The maximum atomic E-state index is 13.8. The summed E-state index contributed by atoms with van der Waals surface area (Å²) in [5, 5.41) is 2.83. The molecule has 0 aromatic heterocycles. The zero-order chi connectivity index (χ0) is 24.8. The monoisotopic (exact) mass is 477 g/mol. The highest BCUT2D eigenvalue weighted by Crippen LogP contribution is 2.20. The van der Waals surface area contributed by atoms with Crippen LogP contribution in [0.15, 0.2) is 48.5 Å². The molecule has 2 aromatic carbocycles. The van der Waals surface area contributed by atoms with Gasteiger partial charge in [0.05, 0.1) is 11.9 Å². The Balaban J connectivity index is 2.43. The Labute approximate surface area is 195 Å². The lowest BCUT2D eigenvalue weighted by atomic mass is 10.1. The molecule has 0 aliphatic rings. The lowest BCUT2D eigenvalue weighted by Crippen LogP contribution is -2.53. The molecule has 180 valence electrons. The van der Waals surface area contributed by atoms with Crippen LogP contribution < -0.4 is 9.62 Å². The zero-order valence-corrected chi connectivity index (χ0v) is 20.5. The molecular weight excluding hydrogens is 445 g/mol. The minimum atomic E-state index is -3.89. The van der Waals surface area contributed by atoms with Crippen molar-refractivity contribution in [1.82, 2.24) is 10.2 Å². The maximum Gasteiger partial charge on any atom is 0.244 e. The first kappa shape index (κ1) is 26.3. The Bertz CT molecular complexity index is 1070. The van der Waals surface area contributed by atoms with Gasteiger partial charge in [-0.05, 0) is 51.0 Å². The summed E-state index contributed by atoms with van der Waals surface area (Å²) in [5.41, 5.74) is 1.90. The first-order valence-corrected chi connectivity index (χ1v) is 12.7. The van der Waals surface area contributed by atoms with Crippen LogP contribution in [0.25, 0.3) is 0 Å². The van der Waals surface area contributed by atoms with Gasteiger partial charge in [-0.1, -0.05) is 42.8 Å². The Morgan fingerprint density at radius 2 is 1.73 bits per heavy atom. The average Bonchev–Trinajstić information content (AvgIpc) is 2.71. The second kappa shape index (κ2) is 11.3. The number of carbonyl (C=O) groups is 2. The Kier molecular flexibility index (Phi) is 8.99. The average molecular weight is 478 g/mol. The minimum absolute atomic E-state index is 0.0424. The van der Waals surface area contributed by atoms with Crippen molar-refractivity contribution in [3.63, 3.8) is 0 Å². The summed E-state index contributed by atoms with van der Waals surface area (Å²) in [4.78, 5) is 27.7. The zero-order valence-electron chi connectivity index (χ0n) is 19.7. The third kappa shape index (κ3) is 7.56. The topological polar surface area (TPSA) is 86.8 Å². The fraction of sp³-hybridized carbons (Fsp3) is 0.417. The van der Waals surface area contributed by atoms with Crippen molar-refractivity contribution in [2.75, 3.05) is 17.1 Å². The van der Waals surface area contributed by atoms with E-state index in [0.29, 0.717) is 6.42 Å². The SMILES string of the molecule is CCC(C(=O)NC(C)C)N(Cc1ccc(C)cc1)C(=O)CN(c1cccc(F)c1)S(C)(=O)=O. The number of amides is 2. The number of carbonyl (C=O) groups excluding carboxylic acids is 2. The van der Waals surface area contributed by atoms with Crippen molar-refractivity contribution in [1.29, 1.82) is 0 Å². The molecule has 0 bridgehead atoms. The van der Waals surface area contributed by atoms with Crippen LogP contribution in [0, 0.1) is 12.7 Å². The molecule has 0 saturated carbocycles. The normalized spacial score (nSPS) is 12.3. The number of sulfonamides is 1. The van der Waals surface area contributed by atoms with E-state index >= 15 is 0 Å². The molecule has 0 saturated heterocycles. The van der Waals surface area contributed by atoms with E-state index in [2.05, 4.69) is 5.32 Å². The van der Waals surface area contributed by atoms with Gasteiger partial charge in [-0.2, -0.15) is 0 Å². The summed E-state index contributed by atoms with van der Waals surface area (Å²) in [6.45, 7) is 6.96. The number of nitrogens with zero attached hydrogens (tertiary/aromatic N) is 2. The van der Waals surface area contributed by atoms with Gasteiger partial charge in [-0.15, -0.1) is 0 Å². The number of hydrogen-bond acceptors (Lipinski definition) is 4. The number of anilines is 1. The van der Waals surface area contributed by atoms with Gasteiger partial charge in [0.1, 0.15) is 18.4 Å². The fourth-order valence-electron chi connectivity index (χ4n) is 3.44. The van der Waals surface area contributed by atoms with E-state index in [1.165, 1.54) is 23.1 Å². The molecule has 33 heavy (non-hydrogen) atoms. The molecule has 9 heteroatoms. The van der Waals surface area contributed by atoms with Crippen molar-refractivity contribution in [3.8, 4) is 0 Å². The van der Waals surface area contributed by atoms with Gasteiger partial charge in [0, 0.05) is 12.6 Å². The first-order valence-electron chi connectivity index (χ1n) is 10.8. The summed E-state index contributed by atoms with van der Waals surface area (Å²) < 4.78 is 39.6. The van der Waals surface area contributed by atoms with Crippen molar-refractivity contribution >= 4 is 27.5 Å². The van der Waals surface area contributed by atoms with E-state index in [-0.39, 0.29) is 24.2 Å². The second-order valence-corrected chi connectivity index (χ2v) is 10.3. The van der Waals surface area contributed by atoms with Gasteiger partial charge in [0.25, 0.3) is 0 Å². The Hall–Kier alpha value is -2.94. The van der Waals surface area contributed by atoms with E-state index in [9.17, 15) is 22.4 Å². The molecule has 0 radical (unpaired) electrons. The standard InChI is InChI=1S/C24H32FN3O4S/c1-6-22(24(30)26-17(2)3)27(15-19-12-10-18(4)11-13-19)23(29)16-28(33(5,31)32)21-9-7-8-20(25)14-21/h7-14,17,22H,6,15-16H2,1-5H3,(H,26,30). The van der Waals surface area contributed by atoms with Crippen molar-refractivity contribution in [2.45, 2.75) is 52.7 Å². The molecule has 2 aromatic rings. The van der Waals surface area contributed by atoms with Gasteiger partial charge >= 0.3 is 0 Å². The Morgan fingerprint density at radius 1 is 1.09 bits per heavy atom. The summed E-state index contributed by atoms with van der Waals surface area (Å²) in [7, 11) is -3.89. The van der Waals surface area contributed by atoms with E-state index in [1.807, 2.05) is 45.0 Å². The number of halogens is 1. The maximum absolute atomic E-state index is 13.8. The molecule has 1 N–H and O–H groups in total. The number of benzene rings is 2. The summed E-state index contributed by atoms with van der Waals surface area (Å²) in [5.74, 6) is -1.49. The van der Waals surface area contributed by atoms with Crippen molar-refractivity contribution in [3.05, 3.63) is 65.5 Å². The van der Waals surface area contributed by atoms with Gasteiger partial charge < -0.3 is 10.2 Å². The van der Waals surface area contributed by atoms with E-state index < -0.39 is 34.3 Å². The van der Waals surface area contributed by atoms with Crippen LogP contribution in [0.2, 0.25) is 0 Å². The molecule has 0 spiro atoms. The largest absolute Gasteiger partial charge is 0.352 e. The molecule has 1 atom stereocenters. The summed E-state index contributed by atoms with van der Waals surface area (Å²) >= 11 is 0. The third-order valence-corrected chi connectivity index (χ3v) is 6.21. The van der Waals surface area contributed by atoms with Crippen molar-refractivity contribution in [2.24, 2.45) is 0 Å². The molecule has 0 aliphatic carbocycles. The summed E-state index contributed by atoms with van der Waals surface area (Å²) in [6.07, 6.45) is 1.30. The number of rotatable bonds is 10. The predicted octanol–water partition coefficient (Wildman–Crippen LogP) is 3.23. The third-order valence-electron chi connectivity index (χ3n) is 5.07. The highest BCUT2D eigenvalue weighted by molar-refractivity contribution is 7.92. The minimum Gasteiger partial charge on any atom is -0.352 e. The van der Waals surface area contributed by atoms with Gasteiger partial charge in [-0.3, -0.25) is 13.9 Å². The number of aryl methyl sites for hydroxylation is 1. The highest BCUT2D eigenvalue weighted by atomic mass is 32.2. The molecule has 2 amide bonds. The molecule has 2 rings (SSSR count). The van der Waals surface area contributed by atoms with Crippen LogP contribution in [-0.4, -0.2) is 50.0 Å². The predicted molar refractivity (Wildman–Crippen MR) is 128 cm³/mol. The lowest BCUT2D eigenvalue weighted by Gasteiger charge is -2.33. The van der Waals surface area contributed by atoms with Crippen LogP contribution in [0.1, 0.15) is 38.3 Å². The molecule has 0 fully saturated rings. The Morgan fingerprint density at radius 3 is 2.24 bits per heavy atom. The van der Waals surface area contributed by atoms with Crippen LogP contribution in [-0.2, 0) is 26.2 Å². The van der Waals surface area contributed by atoms with Crippen LogP contribution in [0.5, 0.6) is 0 Å². The van der Waals surface area contributed by atoms with Crippen molar-refractivity contribution < 1.29 is 22.4 Å². The lowest BCUT2D eigenvalue weighted by molar-refractivity contribution is -0.140. The van der Waals surface area contributed by atoms with Gasteiger partial charge in [0.2, 0.25) is 21.8 Å². The molecule has 7 nitrogen and oxygen atoms in total. The van der Waals surface area contributed by atoms with Gasteiger partial charge in [-0.25, -0.2) is 12.8 Å². The molecule has 0 aliphatic heterocycles.